The average molecular weight is 410 g/mol. The van der Waals surface area contributed by atoms with Crippen LogP contribution in [0.4, 0.5) is 0 Å². The highest BCUT2D eigenvalue weighted by molar-refractivity contribution is 8.22. The number of hydrogen-bond acceptors (Lipinski definition) is 7. The molecule has 1 rings (SSSR count). The minimum Gasteiger partial charge on any atom is -0.305 e. The molecule has 0 aromatic carbocycles. The molecule has 0 saturated heterocycles. The molecule has 7 nitrogen and oxygen atoms in total. The van der Waals surface area contributed by atoms with Crippen molar-refractivity contribution in [3.8, 4) is 0 Å². The summed E-state index contributed by atoms with van der Waals surface area (Å²) < 4.78 is 2.50. The van der Waals surface area contributed by atoms with Gasteiger partial charge in [0, 0.05) is 26.8 Å². The number of likely N-dealkylation sites (N-methyl/N-ethyl adjacent to an activating group) is 1. The minimum absolute atomic E-state index is 0.638. The maximum absolute atomic E-state index is 5.18. The van der Waals surface area contributed by atoms with Gasteiger partial charge in [-0.25, -0.2) is 14.7 Å². The zero-order valence-corrected chi connectivity index (χ0v) is 18.8. The number of nitrogens with one attached hydrogen (secondary N) is 1. The van der Waals surface area contributed by atoms with E-state index in [4.69, 9.17) is 12.2 Å². The molecule has 0 aliphatic heterocycles. The molecule has 0 aliphatic rings. The quantitative estimate of drug-likeness (QED) is 0.380. The van der Waals surface area contributed by atoms with Crippen LogP contribution in [0.5, 0.6) is 0 Å². The van der Waals surface area contributed by atoms with Gasteiger partial charge in [-0.05, 0) is 38.4 Å². The second kappa shape index (κ2) is 12.6. The first-order valence-electron chi connectivity index (χ1n) is 8.98. The Balaban J connectivity index is 2.79. The predicted octanol–water partition coefficient (Wildman–Crippen LogP) is 1.98. The molecule has 27 heavy (non-hydrogen) atoms. The van der Waals surface area contributed by atoms with Crippen molar-refractivity contribution < 1.29 is 0 Å². The Morgan fingerprint density at radius 1 is 1.33 bits per heavy atom. The number of hydrazine groups is 1. The molecule has 0 atom stereocenters. The molecule has 1 heterocycles. The lowest BCUT2D eigenvalue weighted by molar-refractivity contribution is 0.311. The molecule has 0 fully saturated rings. The summed E-state index contributed by atoms with van der Waals surface area (Å²) in [4.78, 5) is 11.6. The van der Waals surface area contributed by atoms with Gasteiger partial charge in [0.1, 0.15) is 0 Å². The fraction of sp³-hybridized carbons (Fsp3) is 0.556. The number of thiocarbonyl (C=S) groups is 1. The van der Waals surface area contributed by atoms with Crippen molar-refractivity contribution in [3.63, 3.8) is 0 Å². The summed E-state index contributed by atoms with van der Waals surface area (Å²) in [5.74, 6) is 0. The highest BCUT2D eigenvalue weighted by atomic mass is 32.2. The molecule has 1 aromatic heterocycles. The summed E-state index contributed by atoms with van der Waals surface area (Å²) in [6.07, 6.45) is 9.51. The summed E-state index contributed by atoms with van der Waals surface area (Å²) in [5, 5.41) is 6.28. The number of rotatable bonds is 9. The number of nitrogens with zero attached hydrogens (tertiary/aromatic N) is 6. The topological polar surface area (TPSA) is 61.6 Å². The smallest absolute Gasteiger partial charge is 0.241 e. The third-order valence-corrected chi connectivity index (χ3v) is 5.32. The van der Waals surface area contributed by atoms with Crippen LogP contribution in [0.15, 0.2) is 23.3 Å². The van der Waals surface area contributed by atoms with Crippen LogP contribution >= 0.6 is 24.0 Å². The molecule has 0 aliphatic carbocycles. The van der Waals surface area contributed by atoms with Gasteiger partial charge in [-0.1, -0.05) is 43.9 Å². The number of aromatic nitrogens is 3. The lowest BCUT2D eigenvalue weighted by Gasteiger charge is -2.17. The highest BCUT2D eigenvalue weighted by Crippen LogP contribution is 2.01. The minimum atomic E-state index is 0.638. The Kier molecular flexibility index (Phi) is 10.9. The lowest BCUT2D eigenvalue weighted by Crippen LogP contribution is -2.32. The number of aryl methyl sites for hydroxylation is 2. The molecule has 0 spiro atoms. The monoisotopic (exact) mass is 409 g/mol. The maximum atomic E-state index is 5.18. The molecule has 1 N–H and O–H groups in total. The van der Waals surface area contributed by atoms with E-state index in [1.54, 1.807) is 9.69 Å². The van der Waals surface area contributed by atoms with Gasteiger partial charge in [-0.2, -0.15) is 5.10 Å². The SMILES string of the molecule is CCN(CC)CCN=c1nc(C=CC=CNN(C)C(=S)SC)c(C)nn1C. The summed E-state index contributed by atoms with van der Waals surface area (Å²) in [5.41, 5.74) is 5.39. The molecule has 9 heteroatoms. The first kappa shape index (κ1) is 23.3. The Morgan fingerprint density at radius 2 is 2.04 bits per heavy atom. The third-order valence-electron chi connectivity index (χ3n) is 3.92. The average Bonchev–Trinajstić information content (AvgIpc) is 2.66. The second-order valence-corrected chi connectivity index (χ2v) is 7.23. The molecule has 0 amide bonds. The lowest BCUT2D eigenvalue weighted by atomic mass is 10.3. The van der Waals surface area contributed by atoms with E-state index >= 15 is 0 Å². The van der Waals surface area contributed by atoms with Gasteiger partial charge < -0.3 is 10.3 Å². The van der Waals surface area contributed by atoms with Crippen LogP contribution in [0.3, 0.4) is 0 Å². The largest absolute Gasteiger partial charge is 0.305 e. The summed E-state index contributed by atoms with van der Waals surface area (Å²) in [6.45, 7) is 9.96. The Bertz CT molecular complexity index is 721. The third kappa shape index (κ3) is 8.23. The van der Waals surface area contributed by atoms with Gasteiger partial charge in [0.15, 0.2) is 4.32 Å². The normalized spacial score (nSPS) is 12.5. The molecular formula is C18H31N7S2. The van der Waals surface area contributed by atoms with Gasteiger partial charge >= 0.3 is 0 Å². The van der Waals surface area contributed by atoms with E-state index < -0.39 is 0 Å². The second-order valence-electron chi connectivity index (χ2n) is 5.79. The van der Waals surface area contributed by atoms with E-state index in [0.717, 1.165) is 35.3 Å². The van der Waals surface area contributed by atoms with Crippen LogP contribution in [0.25, 0.3) is 6.08 Å². The first-order valence-corrected chi connectivity index (χ1v) is 10.6. The summed E-state index contributed by atoms with van der Waals surface area (Å²) in [7, 11) is 3.75. The molecule has 0 radical (unpaired) electrons. The van der Waals surface area contributed by atoms with Crippen LogP contribution in [0.1, 0.15) is 25.2 Å². The van der Waals surface area contributed by atoms with Crippen molar-refractivity contribution in [2.75, 3.05) is 39.5 Å². The number of hydrogen-bond donors (Lipinski definition) is 1. The van der Waals surface area contributed by atoms with Crippen LogP contribution in [0.2, 0.25) is 0 Å². The molecule has 0 saturated carbocycles. The van der Waals surface area contributed by atoms with Crippen molar-refractivity contribution in [2.45, 2.75) is 20.8 Å². The zero-order chi connectivity index (χ0) is 20.2. The van der Waals surface area contributed by atoms with Gasteiger partial charge in [0.25, 0.3) is 0 Å². The van der Waals surface area contributed by atoms with Crippen molar-refractivity contribution in [1.82, 2.24) is 30.1 Å². The summed E-state index contributed by atoms with van der Waals surface area (Å²) in [6, 6.07) is 0. The fourth-order valence-electron chi connectivity index (χ4n) is 2.26. The maximum Gasteiger partial charge on any atom is 0.241 e. The van der Waals surface area contributed by atoms with Crippen molar-refractivity contribution in [3.05, 3.63) is 35.4 Å². The summed E-state index contributed by atoms with van der Waals surface area (Å²) >= 11 is 6.70. The standard InChI is InChI=1S/C18H31N7S2/c1-7-25(8-2)14-13-19-17-21-16(15(3)22-23(17)4)11-9-10-12-20-24(5)18(26)27-6/h9-12,20H,7-8,13-14H2,1-6H3. The van der Waals surface area contributed by atoms with Crippen molar-refractivity contribution in [2.24, 2.45) is 12.0 Å². The van der Waals surface area contributed by atoms with E-state index in [9.17, 15) is 0 Å². The molecule has 0 bridgehead atoms. The van der Waals surface area contributed by atoms with E-state index in [1.165, 1.54) is 11.8 Å². The van der Waals surface area contributed by atoms with Crippen molar-refractivity contribution in [1.29, 1.82) is 0 Å². The van der Waals surface area contributed by atoms with Gasteiger partial charge in [-0.15, -0.1) is 0 Å². The molecule has 1 aromatic rings. The Morgan fingerprint density at radius 3 is 2.67 bits per heavy atom. The number of thioether (sulfide) groups is 1. The highest BCUT2D eigenvalue weighted by Gasteiger charge is 2.02. The molecular weight excluding hydrogens is 378 g/mol. The molecule has 0 unspecified atom stereocenters. The van der Waals surface area contributed by atoms with Crippen LogP contribution in [0, 0.1) is 6.92 Å². The van der Waals surface area contributed by atoms with Crippen LogP contribution in [-0.2, 0) is 7.05 Å². The predicted molar refractivity (Wildman–Crippen MR) is 119 cm³/mol. The van der Waals surface area contributed by atoms with Crippen LogP contribution < -0.4 is 11.0 Å². The van der Waals surface area contributed by atoms with Gasteiger partial charge in [0.2, 0.25) is 5.62 Å². The van der Waals surface area contributed by atoms with E-state index in [0.29, 0.717) is 12.2 Å². The van der Waals surface area contributed by atoms with Gasteiger partial charge in [0.05, 0.1) is 17.9 Å². The van der Waals surface area contributed by atoms with E-state index in [2.05, 4.69) is 39.2 Å². The van der Waals surface area contributed by atoms with E-state index in [1.807, 2.05) is 51.7 Å². The van der Waals surface area contributed by atoms with Crippen molar-refractivity contribution >= 4 is 34.4 Å². The Hall–Kier alpha value is -1.71. The Labute approximate surface area is 172 Å². The fourth-order valence-corrected chi connectivity index (χ4v) is 2.63. The first-order chi connectivity index (χ1) is 12.9. The van der Waals surface area contributed by atoms with Gasteiger partial charge in [-0.3, -0.25) is 5.01 Å². The zero-order valence-electron chi connectivity index (χ0n) is 17.1. The van der Waals surface area contributed by atoms with Crippen LogP contribution in [-0.4, -0.2) is 68.5 Å². The molecule has 150 valence electrons. The number of allylic oxidation sites excluding steroid dienone is 2. The van der Waals surface area contributed by atoms with E-state index in [-0.39, 0.29) is 0 Å².